The third-order valence-electron chi connectivity index (χ3n) is 2.36. The van der Waals surface area contributed by atoms with Gasteiger partial charge in [-0.1, -0.05) is 0 Å². The molecule has 1 rings (SSSR count). The largest absolute Gasteiger partial charge is 0.380 e. The van der Waals surface area contributed by atoms with E-state index in [-0.39, 0.29) is 5.91 Å². The van der Waals surface area contributed by atoms with Gasteiger partial charge in [-0.15, -0.1) is 0 Å². The molecule has 0 aliphatic heterocycles. The molecule has 0 fully saturated rings. The standard InChI is InChI=1S/C11H20N4O2/c1-3-17-7-6-14(2)11(16)10-8-15(5-4-12)9-13-10/h8-9H,3-7,12H2,1-2H3. The van der Waals surface area contributed by atoms with Gasteiger partial charge < -0.3 is 19.9 Å². The summed E-state index contributed by atoms with van der Waals surface area (Å²) in [5.41, 5.74) is 5.87. The number of carbonyl (C=O) groups excluding carboxylic acids is 1. The van der Waals surface area contributed by atoms with E-state index < -0.39 is 0 Å². The van der Waals surface area contributed by atoms with Crippen LogP contribution in [-0.4, -0.2) is 53.7 Å². The zero-order valence-electron chi connectivity index (χ0n) is 10.4. The number of rotatable bonds is 7. The second-order valence-electron chi connectivity index (χ2n) is 3.71. The first kappa shape index (κ1) is 13.7. The Morgan fingerprint density at radius 3 is 3.06 bits per heavy atom. The first-order valence-corrected chi connectivity index (χ1v) is 5.74. The van der Waals surface area contributed by atoms with Gasteiger partial charge in [-0.2, -0.15) is 0 Å². The van der Waals surface area contributed by atoms with Crippen molar-refractivity contribution in [2.75, 3.05) is 33.4 Å². The van der Waals surface area contributed by atoms with Gasteiger partial charge in [0.1, 0.15) is 5.69 Å². The van der Waals surface area contributed by atoms with E-state index in [2.05, 4.69) is 4.98 Å². The predicted molar refractivity (Wildman–Crippen MR) is 64.7 cm³/mol. The van der Waals surface area contributed by atoms with Gasteiger partial charge in [0.15, 0.2) is 0 Å². The molecule has 1 amide bonds. The van der Waals surface area contributed by atoms with Crippen molar-refractivity contribution in [3.63, 3.8) is 0 Å². The number of hydrogen-bond donors (Lipinski definition) is 1. The van der Waals surface area contributed by atoms with Crippen LogP contribution in [-0.2, 0) is 11.3 Å². The summed E-state index contributed by atoms with van der Waals surface area (Å²) in [5, 5.41) is 0. The number of likely N-dealkylation sites (N-methyl/N-ethyl adjacent to an activating group) is 1. The van der Waals surface area contributed by atoms with Crippen LogP contribution in [0.4, 0.5) is 0 Å². The fourth-order valence-corrected chi connectivity index (χ4v) is 1.38. The molecule has 0 radical (unpaired) electrons. The van der Waals surface area contributed by atoms with Crippen LogP contribution >= 0.6 is 0 Å². The highest BCUT2D eigenvalue weighted by molar-refractivity contribution is 5.91. The molecule has 17 heavy (non-hydrogen) atoms. The molecule has 0 atom stereocenters. The molecule has 96 valence electrons. The average molecular weight is 240 g/mol. The van der Waals surface area contributed by atoms with E-state index in [1.54, 1.807) is 24.5 Å². The summed E-state index contributed by atoms with van der Waals surface area (Å²) >= 11 is 0. The molecule has 0 aromatic carbocycles. The molecule has 0 aliphatic rings. The monoisotopic (exact) mass is 240 g/mol. The van der Waals surface area contributed by atoms with Gasteiger partial charge in [0.2, 0.25) is 0 Å². The third kappa shape index (κ3) is 4.16. The molecule has 0 bridgehead atoms. The molecule has 0 aliphatic carbocycles. The van der Waals surface area contributed by atoms with Crippen molar-refractivity contribution < 1.29 is 9.53 Å². The summed E-state index contributed by atoms with van der Waals surface area (Å²) in [7, 11) is 1.74. The molecule has 1 heterocycles. The Labute approximate surface area is 101 Å². The Hall–Kier alpha value is -1.40. The van der Waals surface area contributed by atoms with E-state index >= 15 is 0 Å². The number of amides is 1. The van der Waals surface area contributed by atoms with Gasteiger partial charge in [0.25, 0.3) is 5.91 Å². The summed E-state index contributed by atoms with van der Waals surface area (Å²) in [5.74, 6) is -0.0968. The molecule has 0 saturated heterocycles. The van der Waals surface area contributed by atoms with Crippen LogP contribution in [0.1, 0.15) is 17.4 Å². The fourth-order valence-electron chi connectivity index (χ4n) is 1.38. The molecular formula is C11H20N4O2. The molecule has 2 N–H and O–H groups in total. The van der Waals surface area contributed by atoms with Crippen molar-refractivity contribution in [1.82, 2.24) is 14.5 Å². The molecule has 0 unspecified atom stereocenters. The highest BCUT2D eigenvalue weighted by Crippen LogP contribution is 2.00. The number of nitrogens with two attached hydrogens (primary N) is 1. The lowest BCUT2D eigenvalue weighted by Gasteiger charge is -2.15. The maximum atomic E-state index is 11.9. The SMILES string of the molecule is CCOCCN(C)C(=O)c1cn(CCN)cn1. The topological polar surface area (TPSA) is 73.4 Å². The first-order valence-electron chi connectivity index (χ1n) is 5.74. The minimum Gasteiger partial charge on any atom is -0.380 e. The molecule has 6 nitrogen and oxygen atoms in total. The summed E-state index contributed by atoms with van der Waals surface area (Å²) in [6.07, 6.45) is 3.34. The normalized spacial score (nSPS) is 10.5. The minimum atomic E-state index is -0.0968. The second kappa shape index (κ2) is 7.03. The quantitative estimate of drug-likeness (QED) is 0.678. The van der Waals surface area contributed by atoms with Crippen LogP contribution in [0.25, 0.3) is 0 Å². The lowest BCUT2D eigenvalue weighted by atomic mass is 10.4. The van der Waals surface area contributed by atoms with Crippen LogP contribution in [0.15, 0.2) is 12.5 Å². The summed E-state index contributed by atoms with van der Waals surface area (Å²) < 4.78 is 7.01. The average Bonchev–Trinajstić information content (AvgIpc) is 2.77. The third-order valence-corrected chi connectivity index (χ3v) is 2.36. The number of ether oxygens (including phenoxy) is 1. The molecule has 1 aromatic heterocycles. The Kier molecular flexibility index (Phi) is 5.65. The number of nitrogens with zero attached hydrogens (tertiary/aromatic N) is 3. The van der Waals surface area contributed by atoms with E-state index in [9.17, 15) is 4.79 Å². The van der Waals surface area contributed by atoms with E-state index in [0.717, 1.165) is 0 Å². The van der Waals surface area contributed by atoms with Crippen LogP contribution in [0.2, 0.25) is 0 Å². The number of hydrogen-bond acceptors (Lipinski definition) is 4. The number of imidazole rings is 1. The molecule has 1 aromatic rings. The maximum Gasteiger partial charge on any atom is 0.273 e. The molecular weight excluding hydrogens is 220 g/mol. The Morgan fingerprint density at radius 2 is 2.41 bits per heavy atom. The van der Waals surface area contributed by atoms with Crippen LogP contribution in [0.3, 0.4) is 0 Å². The highest BCUT2D eigenvalue weighted by atomic mass is 16.5. The van der Waals surface area contributed by atoms with Crippen molar-refractivity contribution in [2.45, 2.75) is 13.5 Å². The van der Waals surface area contributed by atoms with Gasteiger partial charge in [-0.05, 0) is 6.92 Å². The van der Waals surface area contributed by atoms with Gasteiger partial charge in [0, 0.05) is 39.5 Å². The maximum absolute atomic E-state index is 11.9. The van der Waals surface area contributed by atoms with Gasteiger partial charge in [-0.3, -0.25) is 4.79 Å². The fraction of sp³-hybridized carbons (Fsp3) is 0.636. The lowest BCUT2D eigenvalue weighted by Crippen LogP contribution is -2.30. The van der Waals surface area contributed by atoms with Gasteiger partial charge in [-0.25, -0.2) is 4.98 Å². The number of carbonyl (C=O) groups is 1. The zero-order chi connectivity index (χ0) is 12.7. The van der Waals surface area contributed by atoms with Gasteiger partial charge >= 0.3 is 0 Å². The first-order chi connectivity index (χ1) is 8.19. The highest BCUT2D eigenvalue weighted by Gasteiger charge is 2.13. The van der Waals surface area contributed by atoms with Crippen molar-refractivity contribution in [3.05, 3.63) is 18.2 Å². The van der Waals surface area contributed by atoms with E-state index in [1.165, 1.54) is 0 Å². The van der Waals surface area contributed by atoms with Crippen molar-refractivity contribution in [2.24, 2.45) is 5.73 Å². The van der Waals surface area contributed by atoms with Crippen molar-refractivity contribution in [1.29, 1.82) is 0 Å². The smallest absolute Gasteiger partial charge is 0.273 e. The van der Waals surface area contributed by atoms with Crippen LogP contribution in [0.5, 0.6) is 0 Å². The van der Waals surface area contributed by atoms with E-state index in [0.29, 0.717) is 38.5 Å². The minimum absolute atomic E-state index is 0.0968. The second-order valence-corrected chi connectivity index (χ2v) is 3.71. The summed E-state index contributed by atoms with van der Waals surface area (Å²) in [4.78, 5) is 17.6. The number of aromatic nitrogens is 2. The lowest BCUT2D eigenvalue weighted by molar-refractivity contribution is 0.0705. The zero-order valence-corrected chi connectivity index (χ0v) is 10.4. The molecule has 0 spiro atoms. The van der Waals surface area contributed by atoms with Crippen molar-refractivity contribution >= 4 is 5.91 Å². The molecule has 6 heteroatoms. The van der Waals surface area contributed by atoms with E-state index in [4.69, 9.17) is 10.5 Å². The predicted octanol–water partition coefficient (Wildman–Crippen LogP) is -0.0497. The Balaban J connectivity index is 2.49. The molecule has 0 saturated carbocycles. The van der Waals surface area contributed by atoms with Crippen LogP contribution in [0, 0.1) is 0 Å². The van der Waals surface area contributed by atoms with E-state index in [1.807, 2.05) is 11.5 Å². The van der Waals surface area contributed by atoms with Gasteiger partial charge in [0.05, 0.1) is 12.9 Å². The Bertz CT molecular complexity index is 351. The summed E-state index contributed by atoms with van der Waals surface area (Å²) in [6, 6.07) is 0. The van der Waals surface area contributed by atoms with Crippen molar-refractivity contribution in [3.8, 4) is 0 Å². The Morgan fingerprint density at radius 1 is 1.65 bits per heavy atom. The van der Waals surface area contributed by atoms with Crippen LogP contribution < -0.4 is 5.73 Å². The summed E-state index contributed by atoms with van der Waals surface area (Å²) in [6.45, 7) is 4.90.